The zero-order chi connectivity index (χ0) is 14.7. The molecule has 0 saturated carbocycles. The van der Waals surface area contributed by atoms with Crippen LogP contribution in [0.25, 0.3) is 0 Å². The lowest BCUT2D eigenvalue weighted by Gasteiger charge is -2.32. The SMILES string of the molecule is CCNc1ccc(Cl)c(C(=O)N2CCNC(=O)C2C)n1. The van der Waals surface area contributed by atoms with Crippen molar-refractivity contribution < 1.29 is 9.59 Å². The van der Waals surface area contributed by atoms with Crippen LogP contribution in [0, 0.1) is 0 Å². The van der Waals surface area contributed by atoms with Crippen LogP contribution >= 0.6 is 11.6 Å². The molecule has 2 amide bonds. The van der Waals surface area contributed by atoms with Crippen LogP contribution in [0.1, 0.15) is 24.3 Å². The third-order valence-electron chi connectivity index (χ3n) is 3.17. The van der Waals surface area contributed by atoms with Crippen molar-refractivity contribution in [2.45, 2.75) is 19.9 Å². The van der Waals surface area contributed by atoms with E-state index in [0.29, 0.717) is 25.5 Å². The van der Waals surface area contributed by atoms with E-state index >= 15 is 0 Å². The minimum atomic E-state index is -0.517. The predicted octanol–water partition coefficient (Wildman–Crippen LogP) is 1.13. The van der Waals surface area contributed by atoms with Gasteiger partial charge in [-0.25, -0.2) is 4.98 Å². The molecule has 2 N–H and O–H groups in total. The number of hydrogen-bond donors (Lipinski definition) is 2. The molecule has 20 heavy (non-hydrogen) atoms. The summed E-state index contributed by atoms with van der Waals surface area (Å²) in [5.74, 6) is 0.107. The molecule has 2 rings (SSSR count). The molecule has 1 aromatic rings. The molecule has 0 spiro atoms. The Balaban J connectivity index is 2.28. The maximum absolute atomic E-state index is 12.5. The van der Waals surface area contributed by atoms with Gasteiger partial charge in [0, 0.05) is 19.6 Å². The Morgan fingerprint density at radius 3 is 3.05 bits per heavy atom. The van der Waals surface area contributed by atoms with Crippen LogP contribution in [0.5, 0.6) is 0 Å². The van der Waals surface area contributed by atoms with Gasteiger partial charge in [0.05, 0.1) is 5.02 Å². The summed E-state index contributed by atoms with van der Waals surface area (Å²) in [4.78, 5) is 29.8. The molecule has 7 heteroatoms. The third-order valence-corrected chi connectivity index (χ3v) is 3.47. The number of anilines is 1. The van der Waals surface area contributed by atoms with E-state index < -0.39 is 6.04 Å². The molecule has 0 aromatic carbocycles. The number of nitrogens with one attached hydrogen (secondary N) is 2. The highest BCUT2D eigenvalue weighted by molar-refractivity contribution is 6.33. The molecule has 6 nitrogen and oxygen atoms in total. The monoisotopic (exact) mass is 296 g/mol. The topological polar surface area (TPSA) is 74.3 Å². The molecule has 0 bridgehead atoms. The van der Waals surface area contributed by atoms with Gasteiger partial charge in [0.15, 0.2) is 0 Å². The lowest BCUT2D eigenvalue weighted by atomic mass is 10.2. The quantitative estimate of drug-likeness (QED) is 0.877. The van der Waals surface area contributed by atoms with Crippen LogP contribution in [0.3, 0.4) is 0 Å². The molecule has 1 atom stereocenters. The van der Waals surface area contributed by atoms with Crippen LogP contribution in [0.2, 0.25) is 5.02 Å². The van der Waals surface area contributed by atoms with E-state index in [-0.39, 0.29) is 22.5 Å². The van der Waals surface area contributed by atoms with E-state index in [1.165, 1.54) is 4.90 Å². The number of rotatable bonds is 3. The zero-order valence-electron chi connectivity index (χ0n) is 11.4. The first kappa shape index (κ1) is 14.6. The number of aromatic nitrogens is 1. The first-order valence-corrected chi connectivity index (χ1v) is 6.91. The molecule has 1 fully saturated rings. The van der Waals surface area contributed by atoms with E-state index in [4.69, 9.17) is 11.6 Å². The molecule has 1 aliphatic rings. The van der Waals surface area contributed by atoms with Crippen molar-refractivity contribution in [3.63, 3.8) is 0 Å². The van der Waals surface area contributed by atoms with Crippen molar-refractivity contribution in [1.82, 2.24) is 15.2 Å². The summed E-state index contributed by atoms with van der Waals surface area (Å²) >= 11 is 6.06. The van der Waals surface area contributed by atoms with Gasteiger partial charge >= 0.3 is 0 Å². The lowest BCUT2D eigenvalue weighted by molar-refractivity contribution is -0.127. The second kappa shape index (κ2) is 6.09. The van der Waals surface area contributed by atoms with Crippen molar-refractivity contribution in [3.05, 3.63) is 22.8 Å². The van der Waals surface area contributed by atoms with Crippen LogP contribution in [-0.4, -0.2) is 47.4 Å². The summed E-state index contributed by atoms with van der Waals surface area (Å²) < 4.78 is 0. The summed E-state index contributed by atoms with van der Waals surface area (Å²) in [5, 5.41) is 6.04. The highest BCUT2D eigenvalue weighted by Crippen LogP contribution is 2.20. The van der Waals surface area contributed by atoms with Crippen LogP contribution in [0.15, 0.2) is 12.1 Å². The van der Waals surface area contributed by atoms with Gasteiger partial charge in [-0.2, -0.15) is 0 Å². The molecule has 1 aromatic heterocycles. The van der Waals surface area contributed by atoms with Crippen molar-refractivity contribution in [1.29, 1.82) is 0 Å². The predicted molar refractivity (Wildman–Crippen MR) is 76.9 cm³/mol. The van der Waals surface area contributed by atoms with E-state index in [0.717, 1.165) is 0 Å². The summed E-state index contributed by atoms with van der Waals surface area (Å²) in [6.45, 7) is 5.22. The maximum atomic E-state index is 12.5. The van der Waals surface area contributed by atoms with Gasteiger partial charge in [-0.3, -0.25) is 9.59 Å². The highest BCUT2D eigenvalue weighted by atomic mass is 35.5. The fourth-order valence-electron chi connectivity index (χ4n) is 2.07. The maximum Gasteiger partial charge on any atom is 0.274 e. The third kappa shape index (κ3) is 2.85. The first-order valence-electron chi connectivity index (χ1n) is 6.53. The fraction of sp³-hybridized carbons (Fsp3) is 0.462. The van der Waals surface area contributed by atoms with Gasteiger partial charge in [0.1, 0.15) is 17.6 Å². The molecule has 0 aliphatic carbocycles. The summed E-state index contributed by atoms with van der Waals surface area (Å²) in [6, 6.07) is 2.83. The minimum absolute atomic E-state index is 0.163. The smallest absolute Gasteiger partial charge is 0.274 e. The zero-order valence-corrected chi connectivity index (χ0v) is 12.2. The fourth-order valence-corrected chi connectivity index (χ4v) is 2.25. The second-order valence-corrected chi connectivity index (χ2v) is 4.93. The summed E-state index contributed by atoms with van der Waals surface area (Å²) in [7, 11) is 0. The average Bonchev–Trinajstić information content (AvgIpc) is 2.43. The molecule has 1 unspecified atom stereocenters. The number of halogens is 1. The number of amides is 2. The normalized spacial score (nSPS) is 18.6. The van der Waals surface area contributed by atoms with Gasteiger partial charge in [-0.05, 0) is 26.0 Å². The number of piperazine rings is 1. The summed E-state index contributed by atoms with van der Waals surface area (Å²) in [6.07, 6.45) is 0. The Hall–Kier alpha value is -1.82. The van der Waals surface area contributed by atoms with Gasteiger partial charge in [0.2, 0.25) is 5.91 Å². The molecule has 0 radical (unpaired) electrons. The van der Waals surface area contributed by atoms with Crippen LogP contribution < -0.4 is 10.6 Å². The second-order valence-electron chi connectivity index (χ2n) is 4.52. The Labute approximate surface area is 122 Å². The van der Waals surface area contributed by atoms with Gasteiger partial charge < -0.3 is 15.5 Å². The molecule has 2 heterocycles. The van der Waals surface area contributed by atoms with Gasteiger partial charge in [-0.15, -0.1) is 0 Å². The number of pyridine rings is 1. The minimum Gasteiger partial charge on any atom is -0.370 e. The summed E-state index contributed by atoms with van der Waals surface area (Å²) in [5.41, 5.74) is 0.173. The van der Waals surface area contributed by atoms with Crippen molar-refractivity contribution in [2.24, 2.45) is 0 Å². The van der Waals surface area contributed by atoms with Gasteiger partial charge in [-0.1, -0.05) is 11.6 Å². The van der Waals surface area contributed by atoms with Crippen LogP contribution in [0.4, 0.5) is 5.82 Å². The van der Waals surface area contributed by atoms with Crippen molar-refractivity contribution >= 4 is 29.2 Å². The van der Waals surface area contributed by atoms with E-state index in [1.54, 1.807) is 19.1 Å². The molecule has 1 saturated heterocycles. The lowest BCUT2D eigenvalue weighted by Crippen LogP contribution is -2.56. The standard InChI is InChI=1S/C13H17ClN4O2/c1-3-15-10-5-4-9(14)11(17-10)13(20)18-7-6-16-12(19)8(18)2/h4-5,8H,3,6-7H2,1-2H3,(H,15,17)(H,16,19). The molecular weight excluding hydrogens is 280 g/mol. The Morgan fingerprint density at radius 2 is 2.35 bits per heavy atom. The molecule has 108 valence electrons. The number of carbonyl (C=O) groups is 2. The van der Waals surface area contributed by atoms with Crippen LogP contribution in [-0.2, 0) is 4.79 Å². The van der Waals surface area contributed by atoms with E-state index in [9.17, 15) is 9.59 Å². The van der Waals surface area contributed by atoms with Crippen molar-refractivity contribution in [3.8, 4) is 0 Å². The van der Waals surface area contributed by atoms with E-state index in [1.807, 2.05) is 6.92 Å². The van der Waals surface area contributed by atoms with Crippen molar-refractivity contribution in [2.75, 3.05) is 25.0 Å². The van der Waals surface area contributed by atoms with E-state index in [2.05, 4.69) is 15.6 Å². The Kier molecular flexibility index (Phi) is 4.44. The molecular formula is C13H17ClN4O2. The average molecular weight is 297 g/mol. The molecule has 1 aliphatic heterocycles. The largest absolute Gasteiger partial charge is 0.370 e. The first-order chi connectivity index (χ1) is 9.54. The Bertz CT molecular complexity index is 535. The number of carbonyl (C=O) groups excluding carboxylic acids is 2. The van der Waals surface area contributed by atoms with Gasteiger partial charge in [0.25, 0.3) is 5.91 Å². The number of hydrogen-bond acceptors (Lipinski definition) is 4. The highest BCUT2D eigenvalue weighted by Gasteiger charge is 2.31. The Morgan fingerprint density at radius 1 is 1.60 bits per heavy atom. The number of nitrogens with zero attached hydrogens (tertiary/aromatic N) is 2.